The van der Waals surface area contributed by atoms with Crippen molar-refractivity contribution in [2.75, 3.05) is 6.61 Å². The lowest BCUT2D eigenvalue weighted by Gasteiger charge is -2.59. The van der Waals surface area contributed by atoms with Crippen LogP contribution in [0.2, 0.25) is 0 Å². The molecule has 9 atom stereocenters. The minimum Gasteiger partial charge on any atom is -0.396 e. The monoisotopic (exact) mass is 416 g/mol. The Morgan fingerprint density at radius 3 is 2.50 bits per heavy atom. The summed E-state index contributed by atoms with van der Waals surface area (Å²) in [6.07, 6.45) is 16.4. The van der Waals surface area contributed by atoms with Crippen LogP contribution in [0, 0.1) is 46.3 Å². The van der Waals surface area contributed by atoms with Gasteiger partial charge in [0.05, 0.1) is 5.60 Å². The molecule has 4 aliphatic rings. The summed E-state index contributed by atoms with van der Waals surface area (Å²) >= 11 is 0. The lowest BCUT2D eigenvalue weighted by Crippen LogP contribution is -2.52. The van der Waals surface area contributed by atoms with Crippen LogP contribution < -0.4 is 0 Å². The first kappa shape index (κ1) is 22.8. The summed E-state index contributed by atoms with van der Waals surface area (Å²) in [5.41, 5.74) is 1.98. The molecular formula is C28H48O2. The summed E-state index contributed by atoms with van der Waals surface area (Å²) < 4.78 is 0. The fraction of sp³-hybridized carbons (Fsp3) is 0.929. The fourth-order valence-electron chi connectivity index (χ4n) is 8.86. The molecule has 0 aromatic heterocycles. The van der Waals surface area contributed by atoms with E-state index in [4.69, 9.17) is 0 Å². The Morgan fingerprint density at radius 1 is 1.00 bits per heavy atom. The van der Waals surface area contributed by atoms with Crippen LogP contribution in [0.4, 0.5) is 0 Å². The van der Waals surface area contributed by atoms with E-state index in [2.05, 4.69) is 33.8 Å². The van der Waals surface area contributed by atoms with E-state index < -0.39 is 5.60 Å². The number of hydrogen-bond acceptors (Lipinski definition) is 2. The second-order valence-corrected chi connectivity index (χ2v) is 12.9. The topological polar surface area (TPSA) is 40.5 Å². The molecule has 4 rings (SSSR count). The summed E-state index contributed by atoms with van der Waals surface area (Å²) in [6, 6.07) is 0. The number of allylic oxidation sites excluding steroid dienone is 1. The minimum atomic E-state index is -0.483. The number of hydrogen-bond donors (Lipinski definition) is 2. The van der Waals surface area contributed by atoms with Gasteiger partial charge in [0.1, 0.15) is 0 Å². The summed E-state index contributed by atoms with van der Waals surface area (Å²) in [5.74, 6) is 4.77. The van der Waals surface area contributed by atoms with E-state index in [1.807, 2.05) is 6.92 Å². The van der Waals surface area contributed by atoms with Crippen LogP contribution in [0.3, 0.4) is 0 Å². The molecule has 0 saturated heterocycles. The first-order valence-corrected chi connectivity index (χ1v) is 13.1. The third-order valence-electron chi connectivity index (χ3n) is 10.8. The van der Waals surface area contributed by atoms with Crippen molar-refractivity contribution in [3.05, 3.63) is 11.6 Å². The SMILES string of the molecule is CC(CO)CCC[C@@H](C)[C@H]1CC[C@H]2C3CC=C4C[C@@](C)(O)CC[C@]4(C)[C@H]3CC[C@]12C. The molecule has 0 aromatic carbocycles. The predicted molar refractivity (Wildman–Crippen MR) is 125 cm³/mol. The molecule has 0 aromatic rings. The zero-order valence-electron chi connectivity index (χ0n) is 20.4. The zero-order valence-corrected chi connectivity index (χ0v) is 20.4. The molecule has 0 radical (unpaired) electrons. The van der Waals surface area contributed by atoms with Gasteiger partial charge >= 0.3 is 0 Å². The number of aliphatic hydroxyl groups is 2. The van der Waals surface area contributed by atoms with Crippen LogP contribution in [0.5, 0.6) is 0 Å². The molecular weight excluding hydrogens is 368 g/mol. The summed E-state index contributed by atoms with van der Waals surface area (Å²) in [4.78, 5) is 0. The fourth-order valence-corrected chi connectivity index (χ4v) is 8.86. The highest BCUT2D eigenvalue weighted by Crippen LogP contribution is 2.67. The van der Waals surface area contributed by atoms with Crippen molar-refractivity contribution in [2.24, 2.45) is 46.3 Å². The first-order chi connectivity index (χ1) is 14.1. The molecule has 2 nitrogen and oxygen atoms in total. The highest BCUT2D eigenvalue weighted by atomic mass is 16.3. The Hall–Kier alpha value is -0.340. The maximum atomic E-state index is 10.7. The summed E-state index contributed by atoms with van der Waals surface area (Å²) in [7, 11) is 0. The molecule has 0 heterocycles. The molecule has 3 fully saturated rings. The van der Waals surface area contributed by atoms with Gasteiger partial charge in [-0.1, -0.05) is 52.2 Å². The van der Waals surface area contributed by atoms with E-state index in [9.17, 15) is 10.2 Å². The number of rotatable bonds is 6. The van der Waals surface area contributed by atoms with Gasteiger partial charge in [0.2, 0.25) is 0 Å². The van der Waals surface area contributed by atoms with Crippen molar-refractivity contribution in [3.63, 3.8) is 0 Å². The van der Waals surface area contributed by atoms with Crippen molar-refractivity contribution >= 4 is 0 Å². The van der Waals surface area contributed by atoms with Gasteiger partial charge in [0.15, 0.2) is 0 Å². The van der Waals surface area contributed by atoms with Gasteiger partial charge in [0, 0.05) is 6.61 Å². The molecule has 0 amide bonds. The standard InChI is InChI=1S/C28H48O2/c1-19(18-29)7-6-8-20(2)23-11-12-24-22-10-9-21-17-26(3,30)15-16-27(21,4)25(22)13-14-28(23,24)5/h9,19-20,22-25,29-30H,6-8,10-18H2,1-5H3/t19?,20-,22?,23-,24+,25+,26+,27+,28-/m1/s1. The number of fused-ring (bicyclic) bond motifs is 5. The minimum absolute atomic E-state index is 0.338. The van der Waals surface area contributed by atoms with E-state index in [-0.39, 0.29) is 0 Å². The smallest absolute Gasteiger partial charge is 0.0657 e. The summed E-state index contributed by atoms with van der Waals surface area (Å²) in [6.45, 7) is 12.3. The van der Waals surface area contributed by atoms with Crippen LogP contribution in [-0.4, -0.2) is 22.4 Å². The van der Waals surface area contributed by atoms with Gasteiger partial charge < -0.3 is 10.2 Å². The molecule has 0 spiro atoms. The highest BCUT2D eigenvalue weighted by Gasteiger charge is 2.59. The quantitative estimate of drug-likeness (QED) is 0.470. The van der Waals surface area contributed by atoms with E-state index in [1.54, 1.807) is 5.57 Å². The Labute approximate surface area is 185 Å². The average Bonchev–Trinajstić information content (AvgIpc) is 3.05. The third-order valence-corrected chi connectivity index (χ3v) is 10.8. The van der Waals surface area contributed by atoms with E-state index in [0.717, 1.165) is 42.4 Å². The Bertz CT molecular complexity index is 651. The lowest BCUT2D eigenvalue weighted by atomic mass is 9.46. The van der Waals surface area contributed by atoms with Crippen LogP contribution >= 0.6 is 0 Å². The van der Waals surface area contributed by atoms with Crippen LogP contribution in [0.25, 0.3) is 0 Å². The van der Waals surface area contributed by atoms with Crippen LogP contribution in [0.1, 0.15) is 105 Å². The lowest BCUT2D eigenvalue weighted by molar-refractivity contribution is -0.0706. The molecule has 0 aliphatic heterocycles. The van der Waals surface area contributed by atoms with Crippen molar-refractivity contribution < 1.29 is 10.2 Å². The maximum Gasteiger partial charge on any atom is 0.0657 e. The molecule has 2 unspecified atom stereocenters. The van der Waals surface area contributed by atoms with E-state index >= 15 is 0 Å². The molecule has 172 valence electrons. The van der Waals surface area contributed by atoms with Crippen LogP contribution in [-0.2, 0) is 0 Å². The van der Waals surface area contributed by atoms with Gasteiger partial charge in [-0.05, 0) is 111 Å². The summed E-state index contributed by atoms with van der Waals surface area (Å²) in [5, 5.41) is 20.0. The van der Waals surface area contributed by atoms with Crippen LogP contribution in [0.15, 0.2) is 11.6 Å². The van der Waals surface area contributed by atoms with Crippen molar-refractivity contribution in [2.45, 2.75) is 111 Å². The third kappa shape index (κ3) is 3.83. The normalized spacial score (nSPS) is 47.6. The largest absolute Gasteiger partial charge is 0.396 e. The van der Waals surface area contributed by atoms with E-state index in [0.29, 0.717) is 23.4 Å². The second kappa shape index (κ2) is 8.22. The molecule has 0 bridgehead atoms. The number of aliphatic hydroxyl groups excluding tert-OH is 1. The Balaban J connectivity index is 1.47. The molecule has 30 heavy (non-hydrogen) atoms. The van der Waals surface area contributed by atoms with Gasteiger partial charge in [-0.2, -0.15) is 0 Å². The Kier molecular flexibility index (Phi) is 6.26. The second-order valence-electron chi connectivity index (χ2n) is 12.9. The van der Waals surface area contributed by atoms with Crippen molar-refractivity contribution in [3.8, 4) is 0 Å². The molecule has 2 heteroatoms. The zero-order chi connectivity index (χ0) is 21.7. The average molecular weight is 417 g/mol. The Morgan fingerprint density at radius 2 is 1.77 bits per heavy atom. The van der Waals surface area contributed by atoms with E-state index in [1.165, 1.54) is 57.8 Å². The predicted octanol–water partition coefficient (Wildman–Crippen LogP) is 6.75. The highest BCUT2D eigenvalue weighted by molar-refractivity contribution is 5.26. The van der Waals surface area contributed by atoms with Gasteiger partial charge in [-0.25, -0.2) is 0 Å². The molecule has 4 aliphatic carbocycles. The van der Waals surface area contributed by atoms with Gasteiger partial charge in [-0.3, -0.25) is 0 Å². The van der Waals surface area contributed by atoms with Gasteiger partial charge in [-0.15, -0.1) is 0 Å². The van der Waals surface area contributed by atoms with Gasteiger partial charge in [0.25, 0.3) is 0 Å². The first-order valence-electron chi connectivity index (χ1n) is 13.1. The molecule has 3 saturated carbocycles. The maximum absolute atomic E-state index is 10.7. The van der Waals surface area contributed by atoms with Crippen molar-refractivity contribution in [1.82, 2.24) is 0 Å². The molecule has 2 N–H and O–H groups in total. The van der Waals surface area contributed by atoms with Crippen molar-refractivity contribution in [1.29, 1.82) is 0 Å².